The summed E-state index contributed by atoms with van der Waals surface area (Å²) in [5.74, 6) is -0.0997. The van der Waals surface area contributed by atoms with Crippen molar-refractivity contribution in [3.8, 4) is 11.5 Å². The lowest BCUT2D eigenvalue weighted by Crippen LogP contribution is -2.60. The first-order valence-corrected chi connectivity index (χ1v) is 9.70. The van der Waals surface area contributed by atoms with Crippen LogP contribution in [0.5, 0.6) is 11.5 Å². The van der Waals surface area contributed by atoms with Gasteiger partial charge in [0.05, 0.1) is 13.2 Å². The SMILES string of the molecule is C/C(=C/Cc1c(O[C@@H]2O[C@H](CO)[C@@H](O)[C@H](O)[C@H]2O)cc2oc(C)cc(=O)c2c1O)CO. The van der Waals surface area contributed by atoms with Gasteiger partial charge < -0.3 is 44.5 Å². The molecule has 0 aliphatic carbocycles. The van der Waals surface area contributed by atoms with Crippen LogP contribution in [0.15, 0.2) is 33.0 Å². The minimum Gasteiger partial charge on any atom is -0.507 e. The maximum atomic E-state index is 12.4. The van der Waals surface area contributed by atoms with Gasteiger partial charge in [-0.1, -0.05) is 11.6 Å². The molecule has 0 spiro atoms. The van der Waals surface area contributed by atoms with E-state index in [-0.39, 0.29) is 35.3 Å². The van der Waals surface area contributed by atoms with Crippen LogP contribution in [-0.2, 0) is 11.2 Å². The van der Waals surface area contributed by atoms with Gasteiger partial charge in [0.15, 0.2) is 5.43 Å². The first-order chi connectivity index (χ1) is 14.7. The molecule has 31 heavy (non-hydrogen) atoms. The maximum Gasteiger partial charge on any atom is 0.229 e. The fraction of sp³-hybridized carbons (Fsp3) is 0.476. The van der Waals surface area contributed by atoms with E-state index < -0.39 is 48.5 Å². The second-order valence-electron chi connectivity index (χ2n) is 7.52. The number of aliphatic hydroxyl groups excluding tert-OH is 5. The third kappa shape index (κ3) is 4.59. The van der Waals surface area contributed by atoms with E-state index in [2.05, 4.69) is 0 Å². The van der Waals surface area contributed by atoms with Crippen LogP contribution in [0.1, 0.15) is 18.2 Å². The normalized spacial score (nSPS) is 26.9. The minimum atomic E-state index is -1.66. The third-order valence-electron chi connectivity index (χ3n) is 5.18. The van der Waals surface area contributed by atoms with Crippen LogP contribution >= 0.6 is 0 Å². The highest BCUT2D eigenvalue weighted by Gasteiger charge is 2.45. The van der Waals surface area contributed by atoms with E-state index in [1.807, 2.05) is 0 Å². The zero-order valence-corrected chi connectivity index (χ0v) is 17.1. The average Bonchev–Trinajstić information content (AvgIpc) is 2.72. The smallest absolute Gasteiger partial charge is 0.229 e. The molecule has 1 aliphatic rings. The Morgan fingerprint density at radius 2 is 1.87 bits per heavy atom. The molecule has 5 atom stereocenters. The zero-order chi connectivity index (χ0) is 22.9. The number of hydrogen-bond donors (Lipinski definition) is 6. The highest BCUT2D eigenvalue weighted by molar-refractivity contribution is 5.87. The third-order valence-corrected chi connectivity index (χ3v) is 5.18. The van der Waals surface area contributed by atoms with E-state index in [0.717, 1.165) is 0 Å². The molecule has 170 valence electrons. The molecule has 1 fully saturated rings. The summed E-state index contributed by atoms with van der Waals surface area (Å²) in [6, 6.07) is 2.58. The quantitative estimate of drug-likeness (QED) is 0.322. The molecule has 1 aliphatic heterocycles. The fourth-order valence-electron chi connectivity index (χ4n) is 3.37. The number of fused-ring (bicyclic) bond motifs is 1. The molecule has 10 heteroatoms. The lowest BCUT2D eigenvalue weighted by Gasteiger charge is -2.39. The number of hydrogen-bond acceptors (Lipinski definition) is 10. The second-order valence-corrected chi connectivity index (χ2v) is 7.52. The summed E-state index contributed by atoms with van der Waals surface area (Å²) in [5.41, 5.74) is 0.344. The van der Waals surface area contributed by atoms with Crippen LogP contribution < -0.4 is 10.2 Å². The molecule has 2 aromatic rings. The van der Waals surface area contributed by atoms with Crippen LogP contribution in [0.3, 0.4) is 0 Å². The van der Waals surface area contributed by atoms with E-state index >= 15 is 0 Å². The van der Waals surface area contributed by atoms with Crippen molar-refractivity contribution in [3.05, 3.63) is 45.3 Å². The number of aryl methyl sites for hydroxylation is 1. The van der Waals surface area contributed by atoms with Gasteiger partial charge in [-0.05, 0) is 20.3 Å². The fourth-order valence-corrected chi connectivity index (χ4v) is 3.37. The number of aliphatic hydroxyl groups is 5. The van der Waals surface area contributed by atoms with Crippen molar-refractivity contribution in [1.29, 1.82) is 0 Å². The lowest BCUT2D eigenvalue weighted by atomic mass is 9.99. The Morgan fingerprint density at radius 1 is 1.16 bits per heavy atom. The van der Waals surface area contributed by atoms with Crippen LogP contribution in [0.4, 0.5) is 0 Å². The molecule has 0 radical (unpaired) electrons. The minimum absolute atomic E-state index is 0.00920. The zero-order valence-electron chi connectivity index (χ0n) is 17.1. The molecule has 6 N–H and O–H groups in total. The van der Waals surface area contributed by atoms with Crippen molar-refractivity contribution in [2.45, 2.75) is 51.0 Å². The summed E-state index contributed by atoms with van der Waals surface area (Å²) in [6.07, 6.45) is -5.86. The first-order valence-electron chi connectivity index (χ1n) is 9.70. The van der Waals surface area contributed by atoms with Gasteiger partial charge in [-0.3, -0.25) is 4.79 Å². The van der Waals surface area contributed by atoms with Crippen molar-refractivity contribution in [3.63, 3.8) is 0 Å². The standard InChI is InChI=1S/C21H26O10/c1-9(7-22)3-4-11-13(6-14-16(17(11)25)12(24)5-10(2)29-14)30-21-20(28)19(27)18(26)15(8-23)31-21/h3,5-6,15,18-23,25-28H,4,7-8H2,1-2H3/b9-3-/t15-,18-,19+,20-,21-/m1/s1. The van der Waals surface area contributed by atoms with E-state index in [9.17, 15) is 35.4 Å². The molecule has 1 saturated heterocycles. The maximum absolute atomic E-state index is 12.4. The van der Waals surface area contributed by atoms with Crippen LogP contribution in [-0.4, -0.2) is 74.6 Å². The Labute approximate surface area is 177 Å². The van der Waals surface area contributed by atoms with Gasteiger partial charge in [0.1, 0.15) is 52.6 Å². The highest BCUT2D eigenvalue weighted by atomic mass is 16.7. The highest BCUT2D eigenvalue weighted by Crippen LogP contribution is 2.37. The van der Waals surface area contributed by atoms with Crippen LogP contribution in [0.25, 0.3) is 11.0 Å². The molecular weight excluding hydrogens is 412 g/mol. The number of phenols is 1. The number of ether oxygens (including phenoxy) is 2. The Bertz CT molecular complexity index is 1020. The van der Waals surface area contributed by atoms with Crippen molar-refractivity contribution < 1.29 is 44.5 Å². The number of rotatable bonds is 6. The van der Waals surface area contributed by atoms with Crippen molar-refractivity contribution in [2.24, 2.45) is 0 Å². The van der Waals surface area contributed by atoms with E-state index in [1.54, 1.807) is 19.9 Å². The predicted molar refractivity (Wildman–Crippen MR) is 108 cm³/mol. The van der Waals surface area contributed by atoms with Gasteiger partial charge in [0.2, 0.25) is 6.29 Å². The Balaban J connectivity index is 2.10. The second kappa shape index (κ2) is 9.35. The van der Waals surface area contributed by atoms with Crippen molar-refractivity contribution >= 4 is 11.0 Å². The largest absolute Gasteiger partial charge is 0.507 e. The van der Waals surface area contributed by atoms with E-state index in [1.165, 1.54) is 12.1 Å². The summed E-state index contributed by atoms with van der Waals surface area (Å²) in [5, 5.41) is 59.6. The molecule has 3 rings (SSSR count). The molecule has 0 saturated carbocycles. The summed E-state index contributed by atoms with van der Waals surface area (Å²) >= 11 is 0. The molecule has 0 bridgehead atoms. The summed E-state index contributed by atoms with van der Waals surface area (Å²) < 4.78 is 16.6. The number of phenolic OH excluding ortho intramolecular Hbond substituents is 1. The van der Waals surface area contributed by atoms with Gasteiger partial charge in [-0.15, -0.1) is 0 Å². The Hall–Kier alpha value is -2.47. The molecule has 1 aromatic carbocycles. The number of benzene rings is 1. The Kier molecular flexibility index (Phi) is 6.99. The monoisotopic (exact) mass is 438 g/mol. The lowest BCUT2D eigenvalue weighted by molar-refractivity contribution is -0.277. The molecular formula is C21H26O10. The van der Waals surface area contributed by atoms with Gasteiger partial charge in [-0.25, -0.2) is 0 Å². The van der Waals surface area contributed by atoms with Gasteiger partial charge in [0, 0.05) is 17.7 Å². The molecule has 10 nitrogen and oxygen atoms in total. The van der Waals surface area contributed by atoms with E-state index in [4.69, 9.17) is 13.9 Å². The molecule has 1 aromatic heterocycles. The summed E-state index contributed by atoms with van der Waals surface area (Å²) in [4.78, 5) is 12.4. The van der Waals surface area contributed by atoms with Crippen LogP contribution in [0.2, 0.25) is 0 Å². The van der Waals surface area contributed by atoms with Crippen molar-refractivity contribution in [2.75, 3.05) is 13.2 Å². The Morgan fingerprint density at radius 3 is 2.52 bits per heavy atom. The number of allylic oxidation sites excluding steroid dienone is 1. The topological polar surface area (TPSA) is 170 Å². The van der Waals surface area contributed by atoms with E-state index in [0.29, 0.717) is 11.3 Å². The van der Waals surface area contributed by atoms with Gasteiger partial charge in [-0.2, -0.15) is 0 Å². The summed E-state index contributed by atoms with van der Waals surface area (Å²) in [7, 11) is 0. The summed E-state index contributed by atoms with van der Waals surface area (Å²) in [6.45, 7) is 2.40. The predicted octanol–water partition coefficient (Wildman–Crippen LogP) is -0.533. The first kappa shape index (κ1) is 23.2. The van der Waals surface area contributed by atoms with Gasteiger partial charge in [0.25, 0.3) is 0 Å². The molecule has 0 unspecified atom stereocenters. The van der Waals surface area contributed by atoms with Gasteiger partial charge >= 0.3 is 0 Å². The number of aromatic hydroxyl groups is 1. The average molecular weight is 438 g/mol. The van der Waals surface area contributed by atoms with Crippen LogP contribution in [0, 0.1) is 6.92 Å². The molecule has 2 heterocycles. The molecule has 0 amide bonds. The van der Waals surface area contributed by atoms with Crippen molar-refractivity contribution in [1.82, 2.24) is 0 Å².